The van der Waals surface area contributed by atoms with Crippen LogP contribution in [0.15, 0.2) is 65.6 Å². The maximum Gasteiger partial charge on any atom is 0.243 e. The van der Waals surface area contributed by atoms with E-state index in [2.05, 4.69) is 15.1 Å². The molecule has 0 aliphatic carbocycles. The summed E-state index contributed by atoms with van der Waals surface area (Å²) in [5, 5.41) is 8.79. The molecule has 1 amide bonds. The third kappa shape index (κ3) is 6.49. The lowest BCUT2D eigenvalue weighted by atomic mass is 10.1. The fourth-order valence-corrected chi connectivity index (χ4v) is 5.91. The summed E-state index contributed by atoms with van der Waals surface area (Å²) in [5.74, 6) is 1.19. The van der Waals surface area contributed by atoms with Gasteiger partial charge in [0.2, 0.25) is 15.9 Å². The van der Waals surface area contributed by atoms with Crippen LogP contribution < -0.4 is 9.64 Å². The van der Waals surface area contributed by atoms with Gasteiger partial charge in [0, 0.05) is 38.3 Å². The number of amides is 1. The number of piperazine rings is 1. The van der Waals surface area contributed by atoms with E-state index in [0.29, 0.717) is 31.9 Å². The molecule has 10 heteroatoms. The molecule has 1 aliphatic heterocycles. The molecule has 1 saturated heterocycles. The van der Waals surface area contributed by atoms with E-state index in [1.807, 2.05) is 57.2 Å². The Balaban J connectivity index is 1.38. The second-order valence-corrected chi connectivity index (χ2v) is 11.8. The lowest BCUT2D eigenvalue weighted by Crippen LogP contribution is -2.52. The van der Waals surface area contributed by atoms with E-state index in [1.54, 1.807) is 17.0 Å². The van der Waals surface area contributed by atoms with Crippen molar-refractivity contribution in [3.05, 3.63) is 66.2 Å². The molecular weight excluding hydrogens is 502 g/mol. The molecule has 0 bridgehead atoms. The van der Waals surface area contributed by atoms with Gasteiger partial charge in [0.05, 0.1) is 24.2 Å². The van der Waals surface area contributed by atoms with Gasteiger partial charge in [-0.05, 0) is 49.2 Å². The fraction of sp³-hybridized carbons (Fsp3) is 0.393. The van der Waals surface area contributed by atoms with Crippen molar-refractivity contribution < 1.29 is 17.9 Å². The first-order valence-corrected chi connectivity index (χ1v) is 14.2. The Kier molecular flexibility index (Phi) is 8.63. The van der Waals surface area contributed by atoms with Crippen LogP contribution >= 0.6 is 0 Å². The van der Waals surface area contributed by atoms with Crippen molar-refractivity contribution in [2.75, 3.05) is 51.3 Å². The molecule has 1 aliphatic rings. The van der Waals surface area contributed by atoms with Crippen LogP contribution in [0.4, 0.5) is 5.82 Å². The van der Waals surface area contributed by atoms with Gasteiger partial charge in [0.1, 0.15) is 5.75 Å². The standard InChI is InChI=1S/C28H35N5O4S/c1-21(2)19-33(38(35,36)25-11-9-24(37-4)10-12-25)20-28(34)32-17-15-31(16-18-32)27-14-13-26(29-30-27)23-7-5-22(3)6-8-23/h5-14,21H,15-20H2,1-4H3. The number of aromatic nitrogens is 2. The van der Waals surface area contributed by atoms with Gasteiger partial charge in [-0.2, -0.15) is 4.31 Å². The molecule has 0 radical (unpaired) electrons. The number of nitrogens with zero attached hydrogens (tertiary/aromatic N) is 5. The molecule has 0 spiro atoms. The molecule has 1 aromatic heterocycles. The van der Waals surface area contributed by atoms with E-state index in [0.717, 1.165) is 17.1 Å². The summed E-state index contributed by atoms with van der Waals surface area (Å²) in [5.41, 5.74) is 3.02. The molecule has 2 heterocycles. The van der Waals surface area contributed by atoms with Gasteiger partial charge in [-0.1, -0.05) is 43.7 Å². The van der Waals surface area contributed by atoms with E-state index < -0.39 is 10.0 Å². The number of aryl methyl sites for hydroxylation is 1. The number of rotatable bonds is 9. The Hall–Kier alpha value is -3.50. The molecule has 0 saturated carbocycles. The van der Waals surface area contributed by atoms with Gasteiger partial charge < -0.3 is 14.5 Å². The zero-order chi connectivity index (χ0) is 27.3. The van der Waals surface area contributed by atoms with Gasteiger partial charge in [-0.3, -0.25) is 4.79 Å². The highest BCUT2D eigenvalue weighted by molar-refractivity contribution is 7.89. The Labute approximate surface area is 225 Å². The maximum atomic E-state index is 13.4. The monoisotopic (exact) mass is 537 g/mol. The molecule has 0 N–H and O–H groups in total. The first-order chi connectivity index (χ1) is 18.2. The van der Waals surface area contributed by atoms with Gasteiger partial charge in [0.25, 0.3) is 0 Å². The Morgan fingerprint density at radius 2 is 1.61 bits per heavy atom. The highest BCUT2D eigenvalue weighted by Gasteiger charge is 2.30. The SMILES string of the molecule is COc1ccc(S(=O)(=O)N(CC(=O)N2CCN(c3ccc(-c4ccc(C)cc4)nn3)CC2)CC(C)C)cc1. The topological polar surface area (TPSA) is 95.9 Å². The zero-order valence-electron chi connectivity index (χ0n) is 22.4. The molecule has 2 aromatic carbocycles. The van der Waals surface area contributed by atoms with E-state index in [-0.39, 0.29) is 29.8 Å². The predicted molar refractivity (Wildman–Crippen MR) is 148 cm³/mol. The summed E-state index contributed by atoms with van der Waals surface area (Å²) in [6.07, 6.45) is 0. The van der Waals surface area contributed by atoms with Crippen molar-refractivity contribution in [2.45, 2.75) is 25.7 Å². The molecule has 38 heavy (non-hydrogen) atoms. The van der Waals surface area contributed by atoms with Crippen LogP contribution in [0, 0.1) is 12.8 Å². The number of anilines is 1. The lowest BCUT2D eigenvalue weighted by molar-refractivity contribution is -0.131. The predicted octanol–water partition coefficient (Wildman–Crippen LogP) is 3.46. The van der Waals surface area contributed by atoms with Gasteiger partial charge in [-0.15, -0.1) is 10.2 Å². The molecule has 4 rings (SSSR count). The van der Waals surface area contributed by atoms with Gasteiger partial charge in [0.15, 0.2) is 5.82 Å². The minimum absolute atomic E-state index is 0.0640. The molecular formula is C28H35N5O4S. The summed E-state index contributed by atoms with van der Waals surface area (Å²) >= 11 is 0. The number of methoxy groups -OCH3 is 1. The Morgan fingerprint density at radius 1 is 0.947 bits per heavy atom. The van der Waals surface area contributed by atoms with Crippen LogP contribution in [0.5, 0.6) is 5.75 Å². The quantitative estimate of drug-likeness (QED) is 0.413. The van der Waals surface area contributed by atoms with Crippen molar-refractivity contribution in [3.63, 3.8) is 0 Å². The van der Waals surface area contributed by atoms with Crippen LogP contribution in [-0.4, -0.2) is 80.1 Å². The third-order valence-electron chi connectivity index (χ3n) is 6.53. The van der Waals surface area contributed by atoms with Gasteiger partial charge >= 0.3 is 0 Å². The molecule has 0 atom stereocenters. The average molecular weight is 538 g/mol. The summed E-state index contributed by atoms with van der Waals surface area (Å²) in [7, 11) is -2.31. The largest absolute Gasteiger partial charge is 0.497 e. The number of benzene rings is 2. The van der Waals surface area contributed by atoms with Crippen LogP contribution in [0.3, 0.4) is 0 Å². The van der Waals surface area contributed by atoms with E-state index in [4.69, 9.17) is 4.74 Å². The van der Waals surface area contributed by atoms with E-state index in [9.17, 15) is 13.2 Å². The minimum Gasteiger partial charge on any atom is -0.497 e. The summed E-state index contributed by atoms with van der Waals surface area (Å²) in [6, 6.07) is 18.3. The Bertz CT molecular complexity index is 1320. The Morgan fingerprint density at radius 3 is 2.16 bits per heavy atom. The number of carbonyl (C=O) groups is 1. The number of ether oxygens (including phenoxy) is 1. The number of hydrogen-bond acceptors (Lipinski definition) is 7. The molecule has 202 valence electrons. The third-order valence-corrected chi connectivity index (χ3v) is 8.36. The van der Waals surface area contributed by atoms with Crippen molar-refractivity contribution in [2.24, 2.45) is 5.92 Å². The van der Waals surface area contributed by atoms with E-state index in [1.165, 1.54) is 29.1 Å². The molecule has 9 nitrogen and oxygen atoms in total. The smallest absolute Gasteiger partial charge is 0.243 e. The van der Waals surface area contributed by atoms with Gasteiger partial charge in [-0.25, -0.2) is 8.42 Å². The highest BCUT2D eigenvalue weighted by Crippen LogP contribution is 2.22. The maximum absolute atomic E-state index is 13.4. The summed E-state index contributed by atoms with van der Waals surface area (Å²) in [4.78, 5) is 17.1. The fourth-order valence-electron chi connectivity index (χ4n) is 4.36. The first-order valence-electron chi connectivity index (χ1n) is 12.7. The zero-order valence-corrected chi connectivity index (χ0v) is 23.2. The number of hydrogen-bond donors (Lipinski definition) is 0. The average Bonchev–Trinajstić information content (AvgIpc) is 2.93. The van der Waals surface area contributed by atoms with Crippen molar-refractivity contribution in [3.8, 4) is 17.0 Å². The first kappa shape index (κ1) is 27.5. The van der Waals surface area contributed by atoms with Crippen molar-refractivity contribution in [1.29, 1.82) is 0 Å². The van der Waals surface area contributed by atoms with Crippen molar-refractivity contribution >= 4 is 21.7 Å². The van der Waals surface area contributed by atoms with Crippen LogP contribution in [-0.2, 0) is 14.8 Å². The molecule has 0 unspecified atom stereocenters. The van der Waals surface area contributed by atoms with Crippen molar-refractivity contribution in [1.82, 2.24) is 19.4 Å². The van der Waals surface area contributed by atoms with Crippen LogP contribution in [0.25, 0.3) is 11.3 Å². The highest BCUT2D eigenvalue weighted by atomic mass is 32.2. The van der Waals surface area contributed by atoms with Crippen LogP contribution in [0.2, 0.25) is 0 Å². The van der Waals surface area contributed by atoms with Crippen LogP contribution in [0.1, 0.15) is 19.4 Å². The summed E-state index contributed by atoms with van der Waals surface area (Å²) < 4.78 is 33.1. The minimum atomic E-state index is -3.84. The van der Waals surface area contributed by atoms with E-state index >= 15 is 0 Å². The second kappa shape index (κ2) is 11.9. The normalized spacial score (nSPS) is 14.3. The summed E-state index contributed by atoms with van der Waals surface area (Å²) in [6.45, 7) is 8.14. The second-order valence-electron chi connectivity index (χ2n) is 9.88. The molecule has 3 aromatic rings. The number of carbonyl (C=O) groups excluding carboxylic acids is 1. The number of sulfonamides is 1. The molecule has 1 fully saturated rings. The lowest BCUT2D eigenvalue weighted by Gasteiger charge is -2.36.